The van der Waals surface area contributed by atoms with Gasteiger partial charge in [-0.2, -0.15) is 0 Å². The third-order valence-electron chi connectivity index (χ3n) is 5.51. The Morgan fingerprint density at radius 3 is 2.71 bits per heavy atom. The molecule has 2 atom stereocenters. The summed E-state index contributed by atoms with van der Waals surface area (Å²) in [5, 5.41) is 16.0. The minimum Gasteiger partial charge on any atom is -0.457 e. The first-order valence-electron chi connectivity index (χ1n) is 10.1. The van der Waals surface area contributed by atoms with Gasteiger partial charge in [-0.25, -0.2) is 0 Å². The summed E-state index contributed by atoms with van der Waals surface area (Å²) >= 11 is 6.35. The van der Waals surface area contributed by atoms with Gasteiger partial charge >= 0.3 is 0 Å². The Bertz CT molecular complexity index is 734. The molecule has 3 rings (SSSR count). The summed E-state index contributed by atoms with van der Waals surface area (Å²) in [5.41, 5.74) is -0.231. The van der Waals surface area contributed by atoms with Crippen LogP contribution >= 0.6 is 11.6 Å². The van der Waals surface area contributed by atoms with Crippen molar-refractivity contribution in [3.8, 4) is 11.5 Å². The summed E-state index contributed by atoms with van der Waals surface area (Å²) in [6.45, 7) is 2.49. The molecule has 28 heavy (non-hydrogen) atoms. The number of methoxy groups -OCH3 is 1. The molecular weight excluding hydrogens is 374 g/mol. The van der Waals surface area contributed by atoms with Crippen molar-refractivity contribution in [1.82, 2.24) is 5.32 Å². The summed E-state index contributed by atoms with van der Waals surface area (Å²) in [6, 6.07) is 15.2. The quantitative estimate of drug-likeness (QED) is 0.569. The number of piperidine rings is 1. The van der Waals surface area contributed by atoms with Crippen LogP contribution in [0.2, 0.25) is 5.02 Å². The van der Waals surface area contributed by atoms with Crippen molar-refractivity contribution >= 4 is 11.6 Å². The highest BCUT2D eigenvalue weighted by Crippen LogP contribution is 2.44. The van der Waals surface area contributed by atoms with Crippen LogP contribution in [0.25, 0.3) is 0 Å². The van der Waals surface area contributed by atoms with E-state index in [4.69, 9.17) is 21.1 Å². The van der Waals surface area contributed by atoms with Crippen molar-refractivity contribution in [1.29, 1.82) is 0 Å². The molecule has 1 aliphatic rings. The van der Waals surface area contributed by atoms with Crippen molar-refractivity contribution in [2.75, 3.05) is 26.8 Å². The molecule has 1 unspecified atom stereocenters. The Kier molecular flexibility index (Phi) is 7.74. The van der Waals surface area contributed by atoms with Crippen LogP contribution in [0.15, 0.2) is 48.5 Å². The molecule has 0 aliphatic carbocycles. The number of hydrogen-bond acceptors (Lipinski definition) is 4. The van der Waals surface area contributed by atoms with Gasteiger partial charge in [0.05, 0.1) is 5.60 Å². The molecule has 0 radical (unpaired) electrons. The molecule has 1 fully saturated rings. The highest BCUT2D eigenvalue weighted by Gasteiger charge is 2.40. The molecule has 4 nitrogen and oxygen atoms in total. The molecule has 5 heteroatoms. The maximum atomic E-state index is 12.0. The van der Waals surface area contributed by atoms with Gasteiger partial charge in [0.1, 0.15) is 11.5 Å². The standard InChI is InChI=1S/C23H30ClNO3/c1-27-15-6-5-13-23(26,18-8-7-14-25-17-18)21-16-19(24)11-12-22(21)28-20-9-3-2-4-10-20/h2-4,9-12,16,18,25-26H,5-8,13-15,17H2,1H3/t18?,23-/m0/s1. The average Bonchev–Trinajstić information content (AvgIpc) is 2.74. The molecule has 0 saturated carbocycles. The molecular formula is C23H30ClNO3. The summed E-state index contributed by atoms with van der Waals surface area (Å²) in [5.74, 6) is 1.52. The third kappa shape index (κ3) is 5.26. The van der Waals surface area contributed by atoms with Gasteiger partial charge < -0.3 is 19.9 Å². The number of para-hydroxylation sites is 1. The Morgan fingerprint density at radius 2 is 2.00 bits per heavy atom. The van der Waals surface area contributed by atoms with Gasteiger partial charge in [0.15, 0.2) is 0 Å². The van der Waals surface area contributed by atoms with E-state index in [1.54, 1.807) is 7.11 Å². The highest BCUT2D eigenvalue weighted by molar-refractivity contribution is 6.30. The molecule has 1 heterocycles. The van der Waals surface area contributed by atoms with Crippen molar-refractivity contribution in [3.63, 3.8) is 0 Å². The number of hydrogen-bond donors (Lipinski definition) is 2. The minimum absolute atomic E-state index is 0.111. The van der Waals surface area contributed by atoms with E-state index in [-0.39, 0.29) is 5.92 Å². The largest absolute Gasteiger partial charge is 0.457 e. The van der Waals surface area contributed by atoms with E-state index >= 15 is 0 Å². The van der Waals surface area contributed by atoms with Gasteiger partial charge in [-0.15, -0.1) is 0 Å². The lowest BCUT2D eigenvalue weighted by molar-refractivity contribution is -0.0446. The molecule has 2 aromatic carbocycles. The lowest BCUT2D eigenvalue weighted by Gasteiger charge is -2.40. The topological polar surface area (TPSA) is 50.7 Å². The number of halogens is 1. The number of rotatable bonds is 9. The number of unbranched alkanes of at least 4 members (excludes halogenated alkanes) is 1. The lowest BCUT2D eigenvalue weighted by atomic mass is 9.74. The van der Waals surface area contributed by atoms with E-state index in [1.807, 2.05) is 48.5 Å². The van der Waals surface area contributed by atoms with Crippen molar-refractivity contribution in [2.45, 2.75) is 37.7 Å². The molecule has 0 spiro atoms. The third-order valence-corrected chi connectivity index (χ3v) is 5.74. The van der Waals surface area contributed by atoms with E-state index in [9.17, 15) is 5.11 Å². The zero-order valence-electron chi connectivity index (χ0n) is 16.5. The molecule has 0 bridgehead atoms. The summed E-state index contributed by atoms with van der Waals surface area (Å²) in [6.07, 6.45) is 4.46. The van der Waals surface area contributed by atoms with E-state index in [0.717, 1.165) is 50.1 Å². The Morgan fingerprint density at radius 1 is 1.18 bits per heavy atom. The Labute approximate surface area is 172 Å². The highest BCUT2D eigenvalue weighted by atomic mass is 35.5. The predicted molar refractivity (Wildman–Crippen MR) is 113 cm³/mol. The minimum atomic E-state index is -1.00. The summed E-state index contributed by atoms with van der Waals surface area (Å²) in [4.78, 5) is 0. The maximum Gasteiger partial charge on any atom is 0.133 e. The van der Waals surface area contributed by atoms with Gasteiger partial charge in [-0.05, 0) is 69.0 Å². The van der Waals surface area contributed by atoms with Gasteiger partial charge in [-0.1, -0.05) is 29.8 Å². The maximum absolute atomic E-state index is 12.0. The van der Waals surface area contributed by atoms with Crippen LogP contribution in [0.4, 0.5) is 0 Å². The van der Waals surface area contributed by atoms with Gasteiger partial charge in [-0.3, -0.25) is 0 Å². The van der Waals surface area contributed by atoms with Crippen LogP contribution in [0.5, 0.6) is 11.5 Å². The van der Waals surface area contributed by atoms with Crippen LogP contribution in [0.3, 0.4) is 0 Å². The Balaban J connectivity index is 1.94. The predicted octanol–water partition coefficient (Wildman–Crippen LogP) is 5.14. The zero-order chi connectivity index (χ0) is 19.8. The number of aliphatic hydroxyl groups is 1. The molecule has 2 N–H and O–H groups in total. The summed E-state index contributed by atoms with van der Waals surface area (Å²) in [7, 11) is 1.71. The molecule has 0 amide bonds. The smallest absolute Gasteiger partial charge is 0.133 e. The first-order valence-corrected chi connectivity index (χ1v) is 10.5. The van der Waals surface area contributed by atoms with Gasteiger partial charge in [0, 0.05) is 36.8 Å². The first kappa shape index (κ1) is 21.1. The van der Waals surface area contributed by atoms with Crippen LogP contribution in [-0.2, 0) is 10.3 Å². The van der Waals surface area contributed by atoms with E-state index in [1.165, 1.54) is 0 Å². The van der Waals surface area contributed by atoms with Gasteiger partial charge in [0.25, 0.3) is 0 Å². The van der Waals surface area contributed by atoms with Crippen molar-refractivity contribution in [3.05, 3.63) is 59.1 Å². The van der Waals surface area contributed by atoms with Crippen LogP contribution in [0.1, 0.15) is 37.7 Å². The van der Waals surface area contributed by atoms with Crippen LogP contribution < -0.4 is 10.1 Å². The van der Waals surface area contributed by atoms with E-state index < -0.39 is 5.60 Å². The normalized spacial score (nSPS) is 19.2. The van der Waals surface area contributed by atoms with Crippen molar-refractivity contribution in [2.24, 2.45) is 5.92 Å². The second kappa shape index (κ2) is 10.3. The second-order valence-electron chi connectivity index (χ2n) is 7.47. The summed E-state index contributed by atoms with van der Waals surface area (Å²) < 4.78 is 11.4. The van der Waals surface area contributed by atoms with E-state index in [2.05, 4.69) is 5.32 Å². The molecule has 2 aromatic rings. The zero-order valence-corrected chi connectivity index (χ0v) is 17.3. The fraction of sp³-hybridized carbons (Fsp3) is 0.478. The Hall–Kier alpha value is -1.59. The molecule has 1 aliphatic heterocycles. The first-order chi connectivity index (χ1) is 13.6. The number of ether oxygens (including phenoxy) is 2. The molecule has 0 aromatic heterocycles. The number of nitrogens with one attached hydrogen (secondary N) is 1. The fourth-order valence-electron chi connectivity index (χ4n) is 4.00. The lowest BCUT2D eigenvalue weighted by Crippen LogP contribution is -2.44. The monoisotopic (exact) mass is 403 g/mol. The van der Waals surface area contributed by atoms with Crippen LogP contribution in [0, 0.1) is 5.92 Å². The van der Waals surface area contributed by atoms with Gasteiger partial charge in [0.2, 0.25) is 0 Å². The average molecular weight is 404 g/mol. The molecule has 152 valence electrons. The molecule has 1 saturated heterocycles. The second-order valence-corrected chi connectivity index (χ2v) is 7.91. The SMILES string of the molecule is COCCCC[C@@](O)(c1cc(Cl)ccc1Oc1ccccc1)C1CCCNC1. The number of benzene rings is 2. The van der Waals surface area contributed by atoms with E-state index in [0.29, 0.717) is 23.8 Å². The van der Waals surface area contributed by atoms with Crippen molar-refractivity contribution < 1.29 is 14.6 Å². The van der Waals surface area contributed by atoms with Crippen LogP contribution in [-0.4, -0.2) is 31.9 Å². The fourth-order valence-corrected chi connectivity index (χ4v) is 4.18.